The number of carbonyl (C=O) groups is 1. The Bertz CT molecular complexity index is 1240. The van der Waals surface area contributed by atoms with Crippen molar-refractivity contribution in [2.24, 2.45) is 17.8 Å². The summed E-state index contributed by atoms with van der Waals surface area (Å²) in [5, 5.41) is 1.63. The molecule has 2 atom stereocenters. The van der Waals surface area contributed by atoms with E-state index in [1.54, 1.807) is 21.9 Å². The molecule has 1 saturated carbocycles. The summed E-state index contributed by atoms with van der Waals surface area (Å²) in [7, 11) is 0. The highest BCUT2D eigenvalue weighted by Gasteiger charge is 2.56. The fourth-order valence-corrected chi connectivity index (χ4v) is 5.80. The number of halogens is 3. The first-order chi connectivity index (χ1) is 19.3. The van der Waals surface area contributed by atoms with Crippen LogP contribution in [-0.2, 0) is 13.1 Å². The molecule has 5 rings (SSSR count). The smallest absolute Gasteiger partial charge is 0.494 e. The molecule has 7 nitrogen and oxygen atoms in total. The topological polar surface area (TPSA) is 64.1 Å². The predicted molar refractivity (Wildman–Crippen MR) is 144 cm³/mol. The third-order valence-corrected chi connectivity index (χ3v) is 7.90. The van der Waals surface area contributed by atoms with Crippen molar-refractivity contribution in [3.05, 3.63) is 70.5 Å². The Kier molecular flexibility index (Phi) is 8.80. The lowest BCUT2D eigenvalue weighted by molar-refractivity contribution is -0.274. The van der Waals surface area contributed by atoms with Crippen LogP contribution in [0.15, 0.2) is 59.4 Å². The number of benzene rings is 2. The van der Waals surface area contributed by atoms with Gasteiger partial charge in [-0.05, 0) is 59.6 Å². The number of ether oxygens (including phenoxy) is 3. The number of fused-ring (bicyclic) bond motifs is 1. The van der Waals surface area contributed by atoms with Gasteiger partial charge in [0.1, 0.15) is 11.5 Å². The van der Waals surface area contributed by atoms with Crippen molar-refractivity contribution in [3.63, 3.8) is 0 Å². The summed E-state index contributed by atoms with van der Waals surface area (Å²) in [5.74, 6) is 2.01. The Morgan fingerprint density at radius 2 is 1.88 bits per heavy atom. The lowest BCUT2D eigenvalue weighted by atomic mass is 10.1. The maximum absolute atomic E-state index is 13.1. The van der Waals surface area contributed by atoms with E-state index in [1.807, 2.05) is 12.1 Å². The molecule has 40 heavy (non-hydrogen) atoms. The number of alkyl halides is 3. The number of likely N-dealkylation sites (tertiary alicyclic amines) is 1. The molecular weight excluding hydrogens is 543 g/mol. The van der Waals surface area contributed by atoms with Crippen LogP contribution in [0.4, 0.5) is 18.0 Å². The van der Waals surface area contributed by atoms with Crippen LogP contribution < -0.4 is 14.2 Å². The second-order valence-electron chi connectivity index (χ2n) is 10.3. The van der Waals surface area contributed by atoms with E-state index in [9.17, 15) is 18.0 Å². The van der Waals surface area contributed by atoms with Crippen molar-refractivity contribution in [2.45, 2.75) is 39.2 Å². The van der Waals surface area contributed by atoms with Gasteiger partial charge in [0, 0.05) is 32.7 Å². The van der Waals surface area contributed by atoms with E-state index in [0.29, 0.717) is 29.9 Å². The first kappa shape index (κ1) is 28.2. The average molecular weight is 576 g/mol. The van der Waals surface area contributed by atoms with Crippen LogP contribution in [0.1, 0.15) is 30.9 Å². The first-order valence-corrected chi connectivity index (χ1v) is 14.4. The Morgan fingerprint density at radius 1 is 1.10 bits per heavy atom. The van der Waals surface area contributed by atoms with Gasteiger partial charge in [0.15, 0.2) is 0 Å². The van der Waals surface area contributed by atoms with Gasteiger partial charge in [0.2, 0.25) is 5.88 Å². The second-order valence-corrected chi connectivity index (χ2v) is 11.0. The Labute approximate surface area is 235 Å². The van der Waals surface area contributed by atoms with Gasteiger partial charge in [0.05, 0.1) is 17.5 Å². The SMILES string of the molecule is CCCCOc1ccc(CN2CC3C(C2)C3CN(Cc2cccc(OC(F)(F)F)c2)C(=O)Oc2cscn2)cc1. The largest absolute Gasteiger partial charge is 0.573 e. The van der Waals surface area contributed by atoms with Gasteiger partial charge in [-0.1, -0.05) is 37.6 Å². The number of thiazole rings is 1. The molecule has 2 heterocycles. The molecule has 214 valence electrons. The Morgan fingerprint density at radius 3 is 2.55 bits per heavy atom. The van der Waals surface area contributed by atoms with Gasteiger partial charge in [-0.15, -0.1) is 24.5 Å². The normalized spacial score (nSPS) is 20.1. The number of nitrogens with zero attached hydrogens (tertiary/aromatic N) is 3. The number of rotatable bonds is 12. The van der Waals surface area contributed by atoms with Gasteiger partial charge in [0.25, 0.3) is 0 Å². The minimum absolute atomic E-state index is 0.102. The quantitative estimate of drug-likeness (QED) is 0.227. The fraction of sp³-hybridized carbons (Fsp3) is 0.448. The molecular formula is C29H32F3N3O4S. The van der Waals surface area contributed by atoms with Crippen LogP contribution in [0.2, 0.25) is 0 Å². The van der Waals surface area contributed by atoms with E-state index >= 15 is 0 Å². The van der Waals surface area contributed by atoms with Crippen molar-refractivity contribution < 1.29 is 32.2 Å². The molecule has 0 spiro atoms. The highest BCUT2D eigenvalue weighted by molar-refractivity contribution is 7.07. The van der Waals surface area contributed by atoms with Gasteiger partial charge < -0.3 is 19.1 Å². The molecule has 3 aromatic rings. The van der Waals surface area contributed by atoms with E-state index in [1.165, 1.54) is 35.1 Å². The van der Waals surface area contributed by atoms with Crippen LogP contribution in [0.3, 0.4) is 0 Å². The number of aromatic nitrogens is 1. The van der Waals surface area contributed by atoms with Crippen LogP contribution in [0, 0.1) is 17.8 Å². The summed E-state index contributed by atoms with van der Waals surface area (Å²) in [5.41, 5.74) is 3.32. The molecule has 2 aromatic carbocycles. The fourth-order valence-electron chi connectivity index (χ4n) is 5.35. The van der Waals surface area contributed by atoms with Crippen LogP contribution in [-0.4, -0.2) is 53.5 Å². The van der Waals surface area contributed by atoms with E-state index in [0.717, 1.165) is 44.8 Å². The van der Waals surface area contributed by atoms with Gasteiger partial charge in [-0.2, -0.15) is 0 Å². The van der Waals surface area contributed by atoms with Crippen molar-refractivity contribution in [2.75, 3.05) is 26.2 Å². The summed E-state index contributed by atoms with van der Waals surface area (Å²) >= 11 is 1.31. The lowest BCUT2D eigenvalue weighted by Gasteiger charge is -2.25. The Balaban J connectivity index is 1.17. The highest BCUT2D eigenvalue weighted by Crippen LogP contribution is 2.52. The van der Waals surface area contributed by atoms with Crippen molar-refractivity contribution >= 4 is 17.4 Å². The maximum Gasteiger partial charge on any atom is 0.573 e. The molecule has 2 aliphatic rings. The van der Waals surface area contributed by atoms with Gasteiger partial charge >= 0.3 is 12.5 Å². The van der Waals surface area contributed by atoms with Crippen LogP contribution >= 0.6 is 11.3 Å². The lowest BCUT2D eigenvalue weighted by Crippen LogP contribution is -2.36. The third kappa shape index (κ3) is 7.66. The van der Waals surface area contributed by atoms with Gasteiger partial charge in [-0.3, -0.25) is 4.90 Å². The number of carbonyl (C=O) groups excluding carboxylic acids is 1. The van der Waals surface area contributed by atoms with Crippen molar-refractivity contribution in [1.82, 2.24) is 14.8 Å². The second kappa shape index (κ2) is 12.5. The molecule has 0 bridgehead atoms. The molecule has 1 saturated heterocycles. The minimum atomic E-state index is -4.79. The third-order valence-electron chi connectivity index (χ3n) is 7.34. The standard InChI is InChI=1S/C29H32F3N3O4S/c1-2-3-11-37-22-9-7-20(8-10-22)13-34-15-24-25(16-34)26(24)17-35(28(36)38-27-18-40-19-33-27)14-21-5-4-6-23(12-21)39-29(30,31)32/h4-10,12,18-19,24-26H,2-3,11,13-17H2,1H3. The Hall–Kier alpha value is -3.31. The summed E-state index contributed by atoms with van der Waals surface area (Å²) in [6, 6.07) is 13.9. The first-order valence-electron chi connectivity index (χ1n) is 13.4. The van der Waals surface area contributed by atoms with E-state index in [2.05, 4.69) is 33.7 Å². The van der Waals surface area contributed by atoms with Crippen LogP contribution in [0.25, 0.3) is 0 Å². The summed E-state index contributed by atoms with van der Waals surface area (Å²) in [6.45, 7) is 6.16. The van der Waals surface area contributed by atoms with Crippen molar-refractivity contribution in [1.29, 1.82) is 0 Å². The number of amides is 1. The molecule has 2 fully saturated rings. The molecule has 1 aliphatic heterocycles. The number of piperidine rings is 1. The zero-order valence-corrected chi connectivity index (χ0v) is 23.0. The zero-order chi connectivity index (χ0) is 28.1. The molecule has 0 N–H and O–H groups in total. The van der Waals surface area contributed by atoms with E-state index < -0.39 is 12.5 Å². The maximum atomic E-state index is 13.1. The van der Waals surface area contributed by atoms with Gasteiger partial charge in [-0.25, -0.2) is 9.78 Å². The monoisotopic (exact) mass is 575 g/mol. The molecule has 1 aromatic heterocycles. The summed E-state index contributed by atoms with van der Waals surface area (Å²) in [6.07, 6.45) is -3.22. The zero-order valence-electron chi connectivity index (χ0n) is 22.2. The van der Waals surface area contributed by atoms with Crippen molar-refractivity contribution in [3.8, 4) is 17.4 Å². The highest BCUT2D eigenvalue weighted by atomic mass is 32.1. The average Bonchev–Trinajstić information content (AvgIpc) is 3.26. The molecule has 1 aliphatic carbocycles. The number of hydrogen-bond donors (Lipinski definition) is 0. The molecule has 11 heteroatoms. The minimum Gasteiger partial charge on any atom is -0.494 e. The predicted octanol–water partition coefficient (Wildman–Crippen LogP) is 6.60. The van der Waals surface area contributed by atoms with E-state index in [-0.39, 0.29) is 18.2 Å². The molecule has 2 unspecified atom stereocenters. The summed E-state index contributed by atoms with van der Waals surface area (Å²) in [4.78, 5) is 21.1. The number of hydrogen-bond acceptors (Lipinski definition) is 7. The molecule has 0 radical (unpaired) electrons. The number of unbranched alkanes of at least 4 members (excludes halogenated alkanes) is 1. The summed E-state index contributed by atoms with van der Waals surface area (Å²) < 4.78 is 53.4. The van der Waals surface area contributed by atoms with E-state index in [4.69, 9.17) is 9.47 Å². The van der Waals surface area contributed by atoms with Crippen LogP contribution in [0.5, 0.6) is 17.4 Å². The molecule has 1 amide bonds.